The van der Waals surface area contributed by atoms with Crippen LogP contribution in [0, 0.1) is 27.7 Å². The standard InChI is InChI=1S/C42H34N4O2/c1-25-17-19-29(21-27(25)3)39-23-33(31-11-5-7-13-35(31)43-39)41(47)45-37-15-9-10-16-38(37)46-42(48)34-24-40(30-20-18-26(2)28(4)22-30)44-36-14-8-6-12-32(34)36/h5-24H,1-4H3,(H,45,47)(H,46,48). The van der Waals surface area contributed by atoms with Crippen LogP contribution in [-0.2, 0) is 0 Å². The maximum atomic E-state index is 14.0. The molecule has 2 N–H and O–H groups in total. The van der Waals surface area contributed by atoms with Crippen molar-refractivity contribution >= 4 is 45.0 Å². The van der Waals surface area contributed by atoms with Crippen molar-refractivity contribution in [3.63, 3.8) is 0 Å². The lowest BCUT2D eigenvalue weighted by Crippen LogP contribution is -2.17. The Kier molecular flexibility index (Phi) is 7.99. The van der Waals surface area contributed by atoms with Gasteiger partial charge in [0.2, 0.25) is 0 Å². The Hall–Kier alpha value is -6.14. The second kappa shape index (κ2) is 12.6. The van der Waals surface area contributed by atoms with E-state index in [-0.39, 0.29) is 11.8 Å². The van der Waals surface area contributed by atoms with E-state index in [1.807, 2.05) is 84.9 Å². The number of amides is 2. The summed E-state index contributed by atoms with van der Waals surface area (Å²) in [5, 5.41) is 7.62. The summed E-state index contributed by atoms with van der Waals surface area (Å²) in [5.74, 6) is -0.599. The Morgan fingerprint density at radius 2 is 0.854 bits per heavy atom. The summed E-state index contributed by atoms with van der Waals surface area (Å²) < 4.78 is 0. The van der Waals surface area contributed by atoms with Crippen LogP contribution in [0.25, 0.3) is 44.3 Å². The normalized spacial score (nSPS) is 11.1. The average molecular weight is 627 g/mol. The highest BCUT2D eigenvalue weighted by molar-refractivity contribution is 6.17. The topological polar surface area (TPSA) is 84.0 Å². The molecule has 0 aliphatic carbocycles. The quantitative estimate of drug-likeness (QED) is 0.192. The van der Waals surface area contributed by atoms with Crippen LogP contribution in [0.3, 0.4) is 0 Å². The van der Waals surface area contributed by atoms with Crippen LogP contribution < -0.4 is 10.6 Å². The van der Waals surface area contributed by atoms with Crippen LogP contribution in [0.1, 0.15) is 43.0 Å². The van der Waals surface area contributed by atoms with Crippen molar-refractivity contribution in [2.75, 3.05) is 10.6 Å². The largest absolute Gasteiger partial charge is 0.320 e. The van der Waals surface area contributed by atoms with Gasteiger partial charge in [-0.05, 0) is 98.5 Å². The summed E-state index contributed by atoms with van der Waals surface area (Å²) in [6, 6.07) is 38.5. The first kappa shape index (κ1) is 30.5. The molecule has 0 aliphatic heterocycles. The number of hydrogen-bond donors (Lipinski definition) is 2. The smallest absolute Gasteiger partial charge is 0.256 e. The van der Waals surface area contributed by atoms with Gasteiger partial charge in [-0.3, -0.25) is 9.59 Å². The molecule has 0 spiro atoms. The third kappa shape index (κ3) is 5.92. The molecule has 2 heterocycles. The molecular formula is C42H34N4O2. The fourth-order valence-corrected chi connectivity index (χ4v) is 5.90. The minimum atomic E-state index is -0.299. The molecule has 0 fully saturated rings. The van der Waals surface area contributed by atoms with Crippen molar-refractivity contribution in [2.24, 2.45) is 0 Å². The third-order valence-electron chi connectivity index (χ3n) is 8.95. The van der Waals surface area contributed by atoms with Gasteiger partial charge in [-0.25, -0.2) is 9.97 Å². The lowest BCUT2D eigenvalue weighted by molar-refractivity contribution is 0.101. The average Bonchev–Trinajstić information content (AvgIpc) is 3.10. The molecule has 0 unspecified atom stereocenters. The molecule has 2 aromatic heterocycles. The fraction of sp³-hybridized carbons (Fsp3) is 0.0952. The molecule has 0 bridgehead atoms. The molecule has 0 radical (unpaired) electrons. The lowest BCUT2D eigenvalue weighted by atomic mass is 10.0. The van der Waals surface area contributed by atoms with E-state index < -0.39 is 0 Å². The number of para-hydroxylation sites is 4. The first-order valence-electron chi connectivity index (χ1n) is 15.9. The van der Waals surface area contributed by atoms with Crippen LogP contribution in [0.4, 0.5) is 11.4 Å². The SMILES string of the molecule is Cc1ccc(-c2cc(C(=O)Nc3ccccc3NC(=O)c3cc(-c4ccc(C)c(C)c4)nc4ccccc34)c3ccccc3n2)cc1C. The van der Waals surface area contributed by atoms with E-state index in [2.05, 4.69) is 62.6 Å². The highest BCUT2D eigenvalue weighted by atomic mass is 16.2. The summed E-state index contributed by atoms with van der Waals surface area (Å²) in [6.07, 6.45) is 0. The molecule has 0 saturated heterocycles. The molecule has 0 saturated carbocycles. The number of nitrogens with zero attached hydrogens (tertiary/aromatic N) is 2. The van der Waals surface area contributed by atoms with E-state index in [0.717, 1.165) is 44.1 Å². The van der Waals surface area contributed by atoms with Gasteiger partial charge in [0.25, 0.3) is 11.8 Å². The van der Waals surface area contributed by atoms with Crippen molar-refractivity contribution in [1.82, 2.24) is 9.97 Å². The third-order valence-corrected chi connectivity index (χ3v) is 8.95. The Bertz CT molecular complexity index is 2230. The van der Waals surface area contributed by atoms with E-state index in [4.69, 9.17) is 9.97 Å². The van der Waals surface area contributed by atoms with Crippen LogP contribution in [0.15, 0.2) is 121 Å². The molecule has 2 amide bonds. The van der Waals surface area contributed by atoms with E-state index in [9.17, 15) is 9.59 Å². The van der Waals surface area contributed by atoms with Crippen LogP contribution >= 0.6 is 0 Å². The maximum absolute atomic E-state index is 14.0. The van der Waals surface area contributed by atoms with E-state index in [1.165, 1.54) is 11.1 Å². The number of aromatic nitrogens is 2. The number of rotatable bonds is 6. The second-order valence-corrected chi connectivity index (χ2v) is 12.2. The number of fused-ring (bicyclic) bond motifs is 2. The van der Waals surface area contributed by atoms with Crippen LogP contribution in [0.2, 0.25) is 0 Å². The minimum Gasteiger partial charge on any atom is -0.320 e. The number of carbonyl (C=O) groups is 2. The summed E-state index contributed by atoms with van der Waals surface area (Å²) in [7, 11) is 0. The molecule has 6 nitrogen and oxygen atoms in total. The van der Waals surface area contributed by atoms with Gasteiger partial charge < -0.3 is 10.6 Å². The van der Waals surface area contributed by atoms with Gasteiger partial charge in [0.05, 0.1) is 44.9 Å². The molecule has 6 heteroatoms. The molecule has 0 aliphatic rings. The molecule has 48 heavy (non-hydrogen) atoms. The van der Waals surface area contributed by atoms with Crippen molar-refractivity contribution < 1.29 is 9.59 Å². The highest BCUT2D eigenvalue weighted by Gasteiger charge is 2.19. The van der Waals surface area contributed by atoms with E-state index in [0.29, 0.717) is 33.9 Å². The Labute approximate surface area is 279 Å². The summed E-state index contributed by atoms with van der Waals surface area (Å²) >= 11 is 0. The number of aryl methyl sites for hydroxylation is 4. The monoisotopic (exact) mass is 626 g/mol. The van der Waals surface area contributed by atoms with Gasteiger partial charge in [0.1, 0.15) is 0 Å². The van der Waals surface area contributed by atoms with Crippen molar-refractivity contribution in [3.8, 4) is 22.5 Å². The first-order valence-corrected chi connectivity index (χ1v) is 15.9. The molecule has 0 atom stereocenters. The van der Waals surface area contributed by atoms with Crippen LogP contribution in [0.5, 0.6) is 0 Å². The fourth-order valence-electron chi connectivity index (χ4n) is 5.90. The Morgan fingerprint density at radius 1 is 0.458 bits per heavy atom. The summed E-state index contributed by atoms with van der Waals surface area (Å²) in [6.45, 7) is 8.28. The van der Waals surface area contributed by atoms with E-state index in [1.54, 1.807) is 12.1 Å². The molecular weight excluding hydrogens is 592 g/mol. The van der Waals surface area contributed by atoms with Crippen LogP contribution in [-0.4, -0.2) is 21.8 Å². The number of benzene rings is 5. The lowest BCUT2D eigenvalue weighted by Gasteiger charge is -2.15. The van der Waals surface area contributed by atoms with Gasteiger partial charge in [0, 0.05) is 21.9 Å². The van der Waals surface area contributed by atoms with Gasteiger partial charge >= 0.3 is 0 Å². The molecule has 7 rings (SSSR count). The molecule has 7 aromatic rings. The molecule has 5 aromatic carbocycles. The van der Waals surface area contributed by atoms with Gasteiger partial charge in [-0.1, -0.05) is 72.8 Å². The Morgan fingerprint density at radius 3 is 1.27 bits per heavy atom. The maximum Gasteiger partial charge on any atom is 0.256 e. The van der Waals surface area contributed by atoms with Crippen molar-refractivity contribution in [2.45, 2.75) is 27.7 Å². The zero-order chi connectivity index (χ0) is 33.4. The zero-order valence-electron chi connectivity index (χ0n) is 27.3. The molecule has 234 valence electrons. The Balaban J connectivity index is 1.23. The first-order chi connectivity index (χ1) is 23.2. The van der Waals surface area contributed by atoms with E-state index >= 15 is 0 Å². The predicted octanol–water partition coefficient (Wildman–Crippen LogP) is 9.86. The summed E-state index contributed by atoms with van der Waals surface area (Å²) in [5.41, 5.74) is 11.4. The second-order valence-electron chi connectivity index (χ2n) is 12.2. The van der Waals surface area contributed by atoms with Crippen molar-refractivity contribution in [1.29, 1.82) is 0 Å². The predicted molar refractivity (Wildman–Crippen MR) is 196 cm³/mol. The number of nitrogens with one attached hydrogen (secondary N) is 2. The minimum absolute atomic E-state index is 0.299. The van der Waals surface area contributed by atoms with Crippen molar-refractivity contribution in [3.05, 3.63) is 155 Å². The number of pyridine rings is 2. The summed E-state index contributed by atoms with van der Waals surface area (Å²) in [4.78, 5) is 37.8. The number of anilines is 2. The van der Waals surface area contributed by atoms with Gasteiger partial charge in [-0.15, -0.1) is 0 Å². The zero-order valence-corrected chi connectivity index (χ0v) is 27.3. The number of hydrogen-bond acceptors (Lipinski definition) is 4. The number of carbonyl (C=O) groups excluding carboxylic acids is 2. The highest BCUT2D eigenvalue weighted by Crippen LogP contribution is 2.31. The van der Waals surface area contributed by atoms with Gasteiger partial charge in [0.15, 0.2) is 0 Å². The van der Waals surface area contributed by atoms with Gasteiger partial charge in [-0.2, -0.15) is 0 Å².